The fourth-order valence-electron chi connectivity index (χ4n) is 2.96. The lowest BCUT2D eigenvalue weighted by molar-refractivity contribution is -0.124. The number of fused-ring (bicyclic) bond motifs is 1. The number of nitrogens with one attached hydrogen (secondary N) is 1. The van der Waals surface area contributed by atoms with Crippen LogP contribution in [0.2, 0.25) is 0 Å². The van der Waals surface area contributed by atoms with Gasteiger partial charge in [0.25, 0.3) is 5.91 Å². The van der Waals surface area contributed by atoms with E-state index in [9.17, 15) is 14.4 Å². The predicted octanol–water partition coefficient (Wildman–Crippen LogP) is 2.96. The van der Waals surface area contributed by atoms with Gasteiger partial charge in [0.1, 0.15) is 11.1 Å². The van der Waals surface area contributed by atoms with Gasteiger partial charge in [0.05, 0.1) is 0 Å². The minimum Gasteiger partial charge on any atom is -0.452 e. The second-order valence-corrected chi connectivity index (χ2v) is 6.27. The van der Waals surface area contributed by atoms with Gasteiger partial charge in [0.15, 0.2) is 6.61 Å². The molecular formula is C20H21NO5. The van der Waals surface area contributed by atoms with Crippen LogP contribution < -0.4 is 10.9 Å². The molecule has 1 aliphatic rings. The number of esters is 1. The highest BCUT2D eigenvalue weighted by atomic mass is 16.5. The zero-order valence-corrected chi connectivity index (χ0v) is 14.5. The fraction of sp³-hybridized carbons (Fsp3) is 0.350. The van der Waals surface area contributed by atoms with Crippen LogP contribution in [-0.4, -0.2) is 25.0 Å². The Balaban J connectivity index is 1.50. The molecule has 0 aliphatic heterocycles. The van der Waals surface area contributed by atoms with Gasteiger partial charge in [0, 0.05) is 11.9 Å². The first-order valence-corrected chi connectivity index (χ1v) is 8.78. The lowest BCUT2D eigenvalue weighted by atomic mass is 9.97. The molecule has 0 fully saturated rings. The number of ether oxygens (including phenoxy) is 1. The summed E-state index contributed by atoms with van der Waals surface area (Å²) in [6.45, 7) is 0.0878. The Morgan fingerprint density at radius 1 is 1.19 bits per heavy atom. The van der Waals surface area contributed by atoms with E-state index in [-0.39, 0.29) is 11.5 Å². The molecule has 3 rings (SSSR count). The normalized spacial score (nSPS) is 13.9. The van der Waals surface area contributed by atoms with Gasteiger partial charge in [0.2, 0.25) is 0 Å². The van der Waals surface area contributed by atoms with Crippen LogP contribution >= 0.6 is 0 Å². The van der Waals surface area contributed by atoms with E-state index in [1.165, 1.54) is 24.5 Å². The van der Waals surface area contributed by atoms with Crippen LogP contribution in [0.4, 0.5) is 0 Å². The fourth-order valence-corrected chi connectivity index (χ4v) is 2.96. The zero-order chi connectivity index (χ0) is 18.4. The van der Waals surface area contributed by atoms with Crippen LogP contribution in [0.1, 0.15) is 42.5 Å². The van der Waals surface area contributed by atoms with E-state index < -0.39 is 18.2 Å². The number of hydrogen-bond acceptors (Lipinski definition) is 5. The molecule has 1 heterocycles. The molecule has 0 unspecified atom stereocenters. The Labute approximate surface area is 150 Å². The van der Waals surface area contributed by atoms with Gasteiger partial charge in [-0.1, -0.05) is 29.8 Å². The molecule has 1 aromatic heterocycles. The molecule has 0 bridgehead atoms. The summed E-state index contributed by atoms with van der Waals surface area (Å²) >= 11 is 0. The van der Waals surface area contributed by atoms with Crippen LogP contribution in [-0.2, 0) is 9.53 Å². The maximum atomic E-state index is 12.1. The highest BCUT2D eigenvalue weighted by Crippen LogP contribution is 2.19. The van der Waals surface area contributed by atoms with E-state index >= 15 is 0 Å². The monoisotopic (exact) mass is 355 g/mol. The van der Waals surface area contributed by atoms with Gasteiger partial charge in [-0.2, -0.15) is 0 Å². The van der Waals surface area contributed by atoms with E-state index in [0.717, 1.165) is 19.3 Å². The number of carbonyl (C=O) groups excluding carboxylic acids is 2. The van der Waals surface area contributed by atoms with Gasteiger partial charge in [-0.15, -0.1) is 0 Å². The van der Waals surface area contributed by atoms with Crippen molar-refractivity contribution in [3.8, 4) is 0 Å². The van der Waals surface area contributed by atoms with Crippen LogP contribution in [0.25, 0.3) is 11.0 Å². The van der Waals surface area contributed by atoms with E-state index in [4.69, 9.17) is 9.15 Å². The lowest BCUT2D eigenvalue weighted by Crippen LogP contribution is -2.30. The molecule has 1 N–H and O–H groups in total. The van der Waals surface area contributed by atoms with Crippen LogP contribution in [0.5, 0.6) is 0 Å². The van der Waals surface area contributed by atoms with Gasteiger partial charge in [-0.25, -0.2) is 9.59 Å². The number of benzene rings is 1. The minimum absolute atomic E-state index is 0.219. The van der Waals surface area contributed by atoms with Crippen molar-refractivity contribution in [2.45, 2.75) is 32.1 Å². The molecule has 1 aromatic carbocycles. The van der Waals surface area contributed by atoms with Crippen molar-refractivity contribution in [3.63, 3.8) is 0 Å². The number of amides is 1. The van der Waals surface area contributed by atoms with E-state index in [1.54, 1.807) is 24.3 Å². The first-order chi connectivity index (χ1) is 12.6. The van der Waals surface area contributed by atoms with Crippen molar-refractivity contribution in [1.29, 1.82) is 0 Å². The average molecular weight is 355 g/mol. The molecule has 0 saturated heterocycles. The second kappa shape index (κ2) is 8.47. The van der Waals surface area contributed by atoms with Crippen molar-refractivity contribution in [3.05, 3.63) is 58.0 Å². The van der Waals surface area contributed by atoms with Gasteiger partial charge < -0.3 is 14.5 Å². The van der Waals surface area contributed by atoms with Crippen molar-refractivity contribution >= 4 is 22.8 Å². The highest BCUT2D eigenvalue weighted by Gasteiger charge is 2.16. The zero-order valence-electron chi connectivity index (χ0n) is 14.5. The van der Waals surface area contributed by atoms with Crippen LogP contribution in [0.3, 0.4) is 0 Å². The SMILES string of the molecule is O=C(COC(=O)c1cc2ccccc2oc1=O)NCCC1=CCCCC1. The molecule has 0 spiro atoms. The first kappa shape index (κ1) is 17.9. The minimum atomic E-state index is -0.866. The number of hydrogen-bond donors (Lipinski definition) is 1. The molecule has 0 radical (unpaired) electrons. The highest BCUT2D eigenvalue weighted by molar-refractivity contribution is 5.94. The van der Waals surface area contributed by atoms with Crippen molar-refractivity contribution in [1.82, 2.24) is 5.32 Å². The second-order valence-electron chi connectivity index (χ2n) is 6.27. The largest absolute Gasteiger partial charge is 0.452 e. The molecule has 6 heteroatoms. The predicted molar refractivity (Wildman–Crippen MR) is 96.9 cm³/mol. The van der Waals surface area contributed by atoms with Crippen LogP contribution in [0.15, 0.2) is 51.2 Å². The quantitative estimate of drug-likeness (QED) is 0.489. The van der Waals surface area contributed by atoms with Gasteiger partial charge >= 0.3 is 11.6 Å². The third kappa shape index (κ3) is 4.59. The molecule has 1 aliphatic carbocycles. The summed E-state index contributed by atoms with van der Waals surface area (Å²) in [5, 5.41) is 3.34. The maximum absolute atomic E-state index is 12.1. The van der Waals surface area contributed by atoms with Crippen molar-refractivity contribution in [2.75, 3.05) is 13.2 Å². The van der Waals surface area contributed by atoms with Crippen molar-refractivity contribution in [2.24, 2.45) is 0 Å². The summed E-state index contributed by atoms with van der Waals surface area (Å²) in [6, 6.07) is 8.28. The van der Waals surface area contributed by atoms with Crippen LogP contribution in [0, 0.1) is 0 Å². The third-order valence-electron chi connectivity index (χ3n) is 4.35. The van der Waals surface area contributed by atoms with Gasteiger partial charge in [-0.3, -0.25) is 4.79 Å². The summed E-state index contributed by atoms with van der Waals surface area (Å²) < 4.78 is 10.0. The summed E-state index contributed by atoms with van der Waals surface area (Å²) in [7, 11) is 0. The summed E-state index contributed by atoms with van der Waals surface area (Å²) in [5.74, 6) is -1.26. The van der Waals surface area contributed by atoms with E-state index in [1.807, 2.05) is 0 Å². The molecule has 26 heavy (non-hydrogen) atoms. The number of para-hydroxylation sites is 1. The Bertz CT molecular complexity index is 896. The molecule has 0 atom stereocenters. The van der Waals surface area contributed by atoms with E-state index in [0.29, 0.717) is 17.5 Å². The number of allylic oxidation sites excluding steroid dienone is 1. The first-order valence-electron chi connectivity index (χ1n) is 8.78. The average Bonchev–Trinajstić information content (AvgIpc) is 2.66. The summed E-state index contributed by atoms with van der Waals surface area (Å²) in [4.78, 5) is 35.8. The summed E-state index contributed by atoms with van der Waals surface area (Å²) in [6.07, 6.45) is 7.67. The standard InChI is InChI=1S/C20H21NO5/c22-18(21-11-10-14-6-2-1-3-7-14)13-25-19(23)16-12-15-8-4-5-9-17(15)26-20(16)24/h4-6,8-9,12H,1-3,7,10-11,13H2,(H,21,22). The molecule has 6 nitrogen and oxygen atoms in total. The van der Waals surface area contributed by atoms with Gasteiger partial charge in [-0.05, 0) is 44.2 Å². The summed E-state index contributed by atoms with van der Waals surface area (Å²) in [5.41, 5.74) is 0.758. The molecular weight excluding hydrogens is 334 g/mol. The lowest BCUT2D eigenvalue weighted by Gasteiger charge is -2.13. The number of rotatable bonds is 6. The maximum Gasteiger partial charge on any atom is 0.351 e. The Morgan fingerprint density at radius 2 is 2.04 bits per heavy atom. The Morgan fingerprint density at radius 3 is 2.85 bits per heavy atom. The van der Waals surface area contributed by atoms with Crippen molar-refractivity contribution < 1.29 is 18.7 Å². The third-order valence-corrected chi connectivity index (χ3v) is 4.35. The topological polar surface area (TPSA) is 85.6 Å². The molecule has 136 valence electrons. The van der Waals surface area contributed by atoms with E-state index in [2.05, 4.69) is 11.4 Å². The number of carbonyl (C=O) groups is 2. The Hall–Kier alpha value is -2.89. The molecule has 1 amide bonds. The molecule has 2 aromatic rings. The Kier molecular flexibility index (Phi) is 5.84. The smallest absolute Gasteiger partial charge is 0.351 e. The molecule has 0 saturated carbocycles.